The summed E-state index contributed by atoms with van der Waals surface area (Å²) in [6.45, 7) is 2.29. The summed E-state index contributed by atoms with van der Waals surface area (Å²) in [7, 11) is -2.17. The summed E-state index contributed by atoms with van der Waals surface area (Å²) in [5.74, 6) is 0.199. The summed E-state index contributed by atoms with van der Waals surface area (Å²) >= 11 is 5.88. The van der Waals surface area contributed by atoms with Gasteiger partial charge in [-0.3, -0.25) is 0 Å². The zero-order valence-electron chi connectivity index (χ0n) is 15.1. The Labute approximate surface area is 164 Å². The number of rotatable bonds is 7. The van der Waals surface area contributed by atoms with Crippen LogP contribution in [0.4, 0.5) is 0 Å². The molecule has 27 heavy (non-hydrogen) atoms. The molecule has 0 N–H and O–H groups in total. The van der Waals surface area contributed by atoms with Gasteiger partial charge in [0.25, 0.3) is 0 Å². The third-order valence-electron chi connectivity index (χ3n) is 4.96. The van der Waals surface area contributed by atoms with Crippen molar-refractivity contribution in [2.24, 2.45) is 5.41 Å². The van der Waals surface area contributed by atoms with Crippen molar-refractivity contribution < 1.29 is 17.9 Å². The van der Waals surface area contributed by atoms with Gasteiger partial charge in [0.15, 0.2) is 9.84 Å². The van der Waals surface area contributed by atoms with Crippen LogP contribution < -0.4 is 4.74 Å². The molecule has 0 amide bonds. The fourth-order valence-electron chi connectivity index (χ4n) is 3.52. The molecule has 1 aliphatic rings. The van der Waals surface area contributed by atoms with Crippen molar-refractivity contribution in [3.05, 3.63) is 59.1 Å². The molecule has 0 radical (unpaired) electrons. The predicted molar refractivity (Wildman–Crippen MR) is 103 cm³/mol. The maximum atomic E-state index is 13.3. The lowest BCUT2D eigenvalue weighted by Crippen LogP contribution is -2.19. The second-order valence-electron chi connectivity index (χ2n) is 6.46. The van der Waals surface area contributed by atoms with Crippen LogP contribution in [0, 0.1) is 16.7 Å². The topological polar surface area (TPSA) is 76.4 Å². The molecular weight excluding hydrogens is 386 g/mol. The Morgan fingerprint density at radius 3 is 2.30 bits per heavy atom. The summed E-state index contributed by atoms with van der Waals surface area (Å²) in [5.41, 5.74) is -0.345. The summed E-state index contributed by atoms with van der Waals surface area (Å²) < 4.78 is 37.2. The lowest BCUT2D eigenvalue weighted by Gasteiger charge is -2.10. The highest BCUT2D eigenvalue weighted by Gasteiger charge is 2.72. The molecule has 2 aromatic rings. The normalized spacial score (nSPS) is 24.2. The average molecular weight is 406 g/mol. The minimum Gasteiger partial charge on any atom is -0.497 e. The van der Waals surface area contributed by atoms with Crippen LogP contribution in [0.5, 0.6) is 5.75 Å². The molecule has 1 aliphatic carbocycles. The van der Waals surface area contributed by atoms with Crippen molar-refractivity contribution in [1.29, 1.82) is 5.26 Å². The van der Waals surface area contributed by atoms with Gasteiger partial charge < -0.3 is 9.47 Å². The molecule has 3 atom stereocenters. The van der Waals surface area contributed by atoms with E-state index in [-0.39, 0.29) is 11.5 Å². The molecule has 0 spiro atoms. The number of methoxy groups -OCH3 is 1. The molecule has 3 rings (SSSR count). The number of hydrogen-bond acceptors (Lipinski definition) is 5. The van der Waals surface area contributed by atoms with E-state index in [2.05, 4.69) is 6.07 Å². The number of ether oxygens (including phenoxy) is 2. The molecule has 0 bridgehead atoms. The van der Waals surface area contributed by atoms with Gasteiger partial charge in [-0.15, -0.1) is 0 Å². The summed E-state index contributed by atoms with van der Waals surface area (Å²) in [6.07, 6.45) is 0. The van der Waals surface area contributed by atoms with Crippen LogP contribution in [0.2, 0.25) is 5.02 Å². The van der Waals surface area contributed by atoms with E-state index >= 15 is 0 Å². The second-order valence-corrected chi connectivity index (χ2v) is 8.97. The third kappa shape index (κ3) is 3.43. The highest BCUT2D eigenvalue weighted by atomic mass is 35.5. The third-order valence-corrected chi connectivity index (χ3v) is 7.50. The summed E-state index contributed by atoms with van der Waals surface area (Å²) in [6, 6.07) is 15.4. The first-order chi connectivity index (χ1) is 12.9. The van der Waals surface area contributed by atoms with Crippen LogP contribution in [0.3, 0.4) is 0 Å². The number of nitrogens with zero attached hydrogens (tertiary/aromatic N) is 1. The number of halogens is 1. The molecule has 0 aliphatic heterocycles. The van der Waals surface area contributed by atoms with E-state index in [9.17, 15) is 13.7 Å². The van der Waals surface area contributed by atoms with Crippen LogP contribution in [0.25, 0.3) is 0 Å². The fourth-order valence-corrected chi connectivity index (χ4v) is 5.96. The van der Waals surface area contributed by atoms with Crippen molar-refractivity contribution in [3.63, 3.8) is 0 Å². The summed E-state index contributed by atoms with van der Waals surface area (Å²) in [5, 5.41) is 9.48. The number of sulfone groups is 1. The van der Waals surface area contributed by atoms with Crippen molar-refractivity contribution in [2.75, 3.05) is 20.3 Å². The van der Waals surface area contributed by atoms with E-state index in [0.29, 0.717) is 17.4 Å². The number of benzene rings is 2. The molecule has 2 aromatic carbocycles. The first-order valence-corrected chi connectivity index (χ1v) is 10.5. The molecule has 0 saturated heterocycles. The van der Waals surface area contributed by atoms with Crippen molar-refractivity contribution in [3.8, 4) is 11.8 Å². The van der Waals surface area contributed by atoms with Crippen LogP contribution in [-0.2, 0) is 14.6 Å². The zero-order valence-corrected chi connectivity index (χ0v) is 16.6. The van der Waals surface area contributed by atoms with Crippen LogP contribution in [-0.4, -0.2) is 34.0 Å². The Morgan fingerprint density at radius 1 is 1.15 bits per heavy atom. The molecule has 7 heteroatoms. The maximum absolute atomic E-state index is 13.3. The molecule has 0 aromatic heterocycles. The highest BCUT2D eigenvalue weighted by Crippen LogP contribution is 2.64. The Morgan fingerprint density at radius 2 is 1.78 bits per heavy atom. The number of nitriles is 1. The Hall–Kier alpha value is -2.07. The van der Waals surface area contributed by atoms with Gasteiger partial charge in [-0.25, -0.2) is 8.42 Å². The van der Waals surface area contributed by atoms with Crippen molar-refractivity contribution in [1.82, 2.24) is 0 Å². The molecule has 5 nitrogen and oxygen atoms in total. The predicted octanol–water partition coefficient (Wildman–Crippen LogP) is 3.83. The van der Waals surface area contributed by atoms with Gasteiger partial charge in [-0.2, -0.15) is 5.26 Å². The first-order valence-electron chi connectivity index (χ1n) is 8.53. The van der Waals surface area contributed by atoms with Crippen molar-refractivity contribution in [2.45, 2.75) is 23.0 Å². The van der Waals surface area contributed by atoms with E-state index in [1.54, 1.807) is 31.4 Å². The van der Waals surface area contributed by atoms with Gasteiger partial charge in [-0.1, -0.05) is 23.7 Å². The van der Waals surface area contributed by atoms with Gasteiger partial charge >= 0.3 is 0 Å². The van der Waals surface area contributed by atoms with E-state index in [4.69, 9.17) is 21.1 Å². The average Bonchev–Trinajstić information content (AvgIpc) is 3.37. The lowest BCUT2D eigenvalue weighted by molar-refractivity contribution is 0.117. The standard InChI is InChI=1S/C20H20ClNO4S/c1-3-26-13-20(12-22)18(14-4-8-16(25-2)9-5-14)19(20)27(23,24)17-10-6-15(21)7-11-17/h4-11,18-19H,3,13H2,1-2H3. The van der Waals surface area contributed by atoms with Gasteiger partial charge in [0, 0.05) is 17.5 Å². The first kappa shape index (κ1) is 19.7. The molecule has 1 saturated carbocycles. The summed E-state index contributed by atoms with van der Waals surface area (Å²) in [4.78, 5) is 0.157. The van der Waals surface area contributed by atoms with E-state index < -0.39 is 26.4 Å². The second kappa shape index (κ2) is 7.51. The lowest BCUT2D eigenvalue weighted by atomic mass is 10.0. The maximum Gasteiger partial charge on any atom is 0.183 e. The fraction of sp³-hybridized carbons (Fsp3) is 0.350. The quantitative estimate of drug-likeness (QED) is 0.699. The van der Waals surface area contributed by atoms with E-state index in [0.717, 1.165) is 5.56 Å². The zero-order chi connectivity index (χ0) is 19.7. The minimum atomic E-state index is -3.74. The van der Waals surface area contributed by atoms with Gasteiger partial charge in [0.2, 0.25) is 0 Å². The van der Waals surface area contributed by atoms with Gasteiger partial charge in [-0.05, 0) is 48.9 Å². The van der Waals surface area contributed by atoms with Crippen molar-refractivity contribution >= 4 is 21.4 Å². The smallest absolute Gasteiger partial charge is 0.183 e. The highest BCUT2D eigenvalue weighted by molar-refractivity contribution is 7.92. The SMILES string of the molecule is CCOCC1(C#N)C(c2ccc(OC)cc2)C1S(=O)(=O)c1ccc(Cl)cc1. The molecule has 0 heterocycles. The Kier molecular flexibility index (Phi) is 5.48. The van der Waals surface area contributed by atoms with E-state index in [1.165, 1.54) is 24.3 Å². The Bertz CT molecular complexity index is 951. The van der Waals surface area contributed by atoms with Gasteiger partial charge in [0.1, 0.15) is 11.2 Å². The Balaban J connectivity index is 2.04. The molecular formula is C20H20ClNO4S. The molecule has 3 unspecified atom stereocenters. The van der Waals surface area contributed by atoms with E-state index in [1.807, 2.05) is 6.92 Å². The van der Waals surface area contributed by atoms with Crippen LogP contribution in [0.15, 0.2) is 53.4 Å². The minimum absolute atomic E-state index is 0.0637. The van der Waals surface area contributed by atoms with Crippen LogP contribution >= 0.6 is 11.6 Å². The number of hydrogen-bond donors (Lipinski definition) is 0. The monoisotopic (exact) mass is 405 g/mol. The molecule has 1 fully saturated rings. The molecule has 142 valence electrons. The van der Waals surface area contributed by atoms with Gasteiger partial charge in [0.05, 0.1) is 29.9 Å². The largest absolute Gasteiger partial charge is 0.497 e. The van der Waals surface area contributed by atoms with Crippen LogP contribution in [0.1, 0.15) is 18.4 Å².